The molecule has 158 valence electrons. The largest absolute Gasteiger partial charge is 0.493 e. The fourth-order valence-corrected chi connectivity index (χ4v) is 2.88. The molecule has 1 aromatic carbocycles. The summed E-state index contributed by atoms with van der Waals surface area (Å²) in [5.41, 5.74) is 2.49. The van der Waals surface area contributed by atoms with Gasteiger partial charge in [-0.1, -0.05) is 6.07 Å². The van der Waals surface area contributed by atoms with E-state index in [-0.39, 0.29) is 37.1 Å². The molecule has 0 fully saturated rings. The van der Waals surface area contributed by atoms with E-state index in [4.69, 9.17) is 9.47 Å². The van der Waals surface area contributed by atoms with Crippen molar-refractivity contribution >= 4 is 11.9 Å². The summed E-state index contributed by atoms with van der Waals surface area (Å²) in [7, 11) is 1.34. The van der Waals surface area contributed by atoms with Gasteiger partial charge in [0.1, 0.15) is 6.54 Å². The van der Waals surface area contributed by atoms with Crippen molar-refractivity contribution in [3.8, 4) is 11.5 Å². The van der Waals surface area contributed by atoms with Gasteiger partial charge >= 0.3 is 12.6 Å². The van der Waals surface area contributed by atoms with Gasteiger partial charge in [0, 0.05) is 17.9 Å². The molecule has 1 amide bonds. The number of halogens is 2. The summed E-state index contributed by atoms with van der Waals surface area (Å²) >= 11 is 0. The lowest BCUT2D eigenvalue weighted by Crippen LogP contribution is -2.28. The lowest BCUT2D eigenvalue weighted by molar-refractivity contribution is -0.121. The zero-order valence-corrected chi connectivity index (χ0v) is 16.8. The van der Waals surface area contributed by atoms with Crippen molar-refractivity contribution in [2.75, 3.05) is 13.7 Å². The van der Waals surface area contributed by atoms with E-state index < -0.39 is 12.6 Å². The fraction of sp³-hybridized carbons (Fsp3) is 0.400. The highest BCUT2D eigenvalue weighted by atomic mass is 19.3. The number of aromatic nitrogens is 1. The summed E-state index contributed by atoms with van der Waals surface area (Å²) in [6.07, 6.45) is 0. The first-order valence-electron chi connectivity index (χ1n) is 8.99. The van der Waals surface area contributed by atoms with Gasteiger partial charge in [-0.2, -0.15) is 8.78 Å². The number of esters is 1. The number of nitrogens with one attached hydrogen (secondary N) is 1. The number of methoxy groups -OCH3 is 1. The highest BCUT2D eigenvalue weighted by Gasteiger charge is 2.18. The smallest absolute Gasteiger partial charge is 0.387 e. The molecule has 29 heavy (non-hydrogen) atoms. The number of alkyl halides is 2. The molecule has 0 bridgehead atoms. The topological polar surface area (TPSA) is 78.8 Å². The van der Waals surface area contributed by atoms with Gasteiger partial charge in [0.15, 0.2) is 11.5 Å². The van der Waals surface area contributed by atoms with Gasteiger partial charge in [0.25, 0.3) is 0 Å². The van der Waals surface area contributed by atoms with E-state index in [9.17, 15) is 18.4 Å². The summed E-state index contributed by atoms with van der Waals surface area (Å²) in [6.45, 7) is 2.80. The van der Waals surface area contributed by atoms with Crippen LogP contribution in [0.25, 0.3) is 0 Å². The maximum atomic E-state index is 12.4. The van der Waals surface area contributed by atoms with E-state index in [0.29, 0.717) is 16.8 Å². The average Bonchev–Trinajstić information content (AvgIpc) is 2.95. The van der Waals surface area contributed by atoms with Gasteiger partial charge in [-0.05, 0) is 44.5 Å². The molecule has 1 aromatic heterocycles. The Bertz CT molecular complexity index is 880. The number of amides is 1. The van der Waals surface area contributed by atoms with Crippen LogP contribution in [0, 0.1) is 13.8 Å². The van der Waals surface area contributed by atoms with Crippen LogP contribution in [0.5, 0.6) is 11.5 Å². The predicted molar refractivity (Wildman–Crippen MR) is 101 cm³/mol. The van der Waals surface area contributed by atoms with Crippen molar-refractivity contribution in [1.82, 2.24) is 9.88 Å². The monoisotopic (exact) mass is 410 g/mol. The molecule has 0 aliphatic heterocycles. The Labute approximate surface area is 167 Å². The van der Waals surface area contributed by atoms with Crippen LogP contribution in [0.2, 0.25) is 0 Å². The highest BCUT2D eigenvalue weighted by Crippen LogP contribution is 2.29. The first kappa shape index (κ1) is 22.2. The molecular weight excluding hydrogens is 386 g/mol. The van der Waals surface area contributed by atoms with Crippen molar-refractivity contribution in [2.24, 2.45) is 0 Å². The van der Waals surface area contributed by atoms with E-state index in [2.05, 4.69) is 10.1 Å². The van der Waals surface area contributed by atoms with Gasteiger partial charge in [-0.3, -0.25) is 4.79 Å². The number of aryl methyl sites for hydroxylation is 1. The number of nitrogens with zero attached hydrogens (tertiary/aromatic N) is 1. The van der Waals surface area contributed by atoms with Crippen LogP contribution < -0.4 is 14.8 Å². The van der Waals surface area contributed by atoms with E-state index in [1.54, 1.807) is 37.5 Å². The number of ether oxygens (including phenoxy) is 3. The Morgan fingerprint density at radius 1 is 1.17 bits per heavy atom. The minimum atomic E-state index is -2.96. The van der Waals surface area contributed by atoms with Gasteiger partial charge < -0.3 is 24.1 Å². The Morgan fingerprint density at radius 2 is 1.90 bits per heavy atom. The lowest BCUT2D eigenvalue weighted by Gasteiger charge is -2.13. The molecular formula is C20H24F2N2O5. The van der Waals surface area contributed by atoms with Crippen LogP contribution in [-0.4, -0.2) is 36.8 Å². The molecule has 0 aliphatic rings. The number of rotatable bonds is 9. The van der Waals surface area contributed by atoms with Crippen molar-refractivity contribution in [3.63, 3.8) is 0 Å². The maximum Gasteiger partial charge on any atom is 0.387 e. The number of carbonyl (C=O) groups is 2. The average molecular weight is 410 g/mol. The predicted octanol–water partition coefficient (Wildman–Crippen LogP) is 3.21. The Kier molecular flexibility index (Phi) is 7.58. The van der Waals surface area contributed by atoms with Crippen LogP contribution in [0.3, 0.4) is 0 Å². The van der Waals surface area contributed by atoms with Gasteiger partial charge in [-0.25, -0.2) is 4.79 Å². The summed E-state index contributed by atoms with van der Waals surface area (Å²) < 4.78 is 41.0. The highest BCUT2D eigenvalue weighted by molar-refractivity contribution is 5.91. The molecule has 0 atom stereocenters. The number of carbonyl (C=O) groups excluding carboxylic acids is 2. The quantitative estimate of drug-likeness (QED) is 0.643. The lowest BCUT2D eigenvalue weighted by atomic mass is 10.2. The summed E-state index contributed by atoms with van der Waals surface area (Å²) in [5.74, 6) is -0.629. The maximum absolute atomic E-state index is 12.4. The molecule has 0 unspecified atom stereocenters. The number of benzene rings is 1. The van der Waals surface area contributed by atoms with E-state index in [1.807, 2.05) is 0 Å². The van der Waals surface area contributed by atoms with Gasteiger partial charge in [0.05, 0.1) is 19.3 Å². The zero-order chi connectivity index (χ0) is 21.6. The molecule has 7 nitrogen and oxygen atoms in total. The minimum Gasteiger partial charge on any atom is -0.493 e. The van der Waals surface area contributed by atoms with Crippen molar-refractivity contribution in [1.29, 1.82) is 0 Å². The van der Waals surface area contributed by atoms with Gasteiger partial charge in [-0.15, -0.1) is 0 Å². The molecule has 2 rings (SSSR count). The number of hydrogen-bond acceptors (Lipinski definition) is 5. The minimum absolute atomic E-state index is 0.0286. The summed E-state index contributed by atoms with van der Waals surface area (Å²) in [6, 6.07) is 6.13. The molecule has 0 saturated heterocycles. The summed E-state index contributed by atoms with van der Waals surface area (Å²) in [4.78, 5) is 24.3. The SMILES string of the molecule is CCOC(=O)c1cc(C)n(CC(=O)NCc2ccc(OC(F)F)c(OC)c2)c1C. The van der Waals surface area contributed by atoms with Gasteiger partial charge in [0.2, 0.25) is 5.91 Å². The molecule has 0 spiro atoms. The van der Waals surface area contributed by atoms with Crippen LogP contribution in [0.4, 0.5) is 8.78 Å². The van der Waals surface area contributed by atoms with Crippen LogP contribution in [0.1, 0.15) is 34.2 Å². The van der Waals surface area contributed by atoms with Crippen molar-refractivity contribution in [2.45, 2.75) is 40.5 Å². The Hall–Kier alpha value is -3.10. The van der Waals surface area contributed by atoms with Crippen LogP contribution >= 0.6 is 0 Å². The van der Waals surface area contributed by atoms with Crippen LogP contribution in [-0.2, 0) is 22.6 Å². The Morgan fingerprint density at radius 3 is 2.52 bits per heavy atom. The third-order valence-corrected chi connectivity index (χ3v) is 4.30. The second-order valence-corrected chi connectivity index (χ2v) is 6.23. The Balaban J connectivity index is 2.03. The zero-order valence-electron chi connectivity index (χ0n) is 16.8. The number of hydrogen-bond donors (Lipinski definition) is 1. The van der Waals surface area contributed by atoms with Crippen molar-refractivity contribution in [3.05, 3.63) is 46.8 Å². The molecule has 0 saturated carbocycles. The molecule has 9 heteroatoms. The fourth-order valence-electron chi connectivity index (χ4n) is 2.88. The molecule has 2 aromatic rings. The molecule has 1 N–H and O–H groups in total. The molecule has 0 aliphatic carbocycles. The molecule has 1 heterocycles. The first-order chi connectivity index (χ1) is 13.8. The standard InChI is InChI=1S/C20H24F2N2O5/c1-5-28-19(26)15-8-12(2)24(13(15)3)11-18(25)23-10-14-6-7-16(29-20(21)22)17(9-14)27-4/h6-9,20H,5,10-11H2,1-4H3,(H,23,25). The van der Waals surface area contributed by atoms with Crippen LogP contribution in [0.15, 0.2) is 24.3 Å². The third-order valence-electron chi connectivity index (χ3n) is 4.30. The van der Waals surface area contributed by atoms with E-state index in [0.717, 1.165) is 5.69 Å². The second kappa shape index (κ2) is 9.90. The second-order valence-electron chi connectivity index (χ2n) is 6.23. The third kappa shape index (κ3) is 5.69. The normalized spacial score (nSPS) is 10.7. The summed E-state index contributed by atoms with van der Waals surface area (Å²) in [5, 5.41) is 2.76. The van der Waals surface area contributed by atoms with E-state index >= 15 is 0 Å². The van der Waals surface area contributed by atoms with Crippen molar-refractivity contribution < 1.29 is 32.6 Å². The van der Waals surface area contributed by atoms with E-state index in [1.165, 1.54) is 19.2 Å². The first-order valence-corrected chi connectivity index (χ1v) is 8.99. The molecule has 0 radical (unpaired) electrons.